The Balaban J connectivity index is 1.54. The van der Waals surface area contributed by atoms with Crippen LogP contribution >= 0.6 is 0 Å². The van der Waals surface area contributed by atoms with E-state index in [4.69, 9.17) is 15.2 Å². The number of anilines is 1. The Labute approximate surface area is 150 Å². The number of H-pyrrole nitrogens is 2. The van der Waals surface area contributed by atoms with E-state index < -0.39 is 36.1 Å². The van der Waals surface area contributed by atoms with Crippen molar-refractivity contribution in [3.63, 3.8) is 0 Å². The third-order valence-corrected chi connectivity index (χ3v) is 4.26. The van der Waals surface area contributed by atoms with Crippen LogP contribution in [0.3, 0.4) is 0 Å². The zero-order valence-electron chi connectivity index (χ0n) is 13.8. The normalized spacial score (nSPS) is 25.1. The topological polar surface area (TPSA) is 181 Å². The SMILES string of the molecule is Nc1nc2c(ncn2[C@@H]2O[C@H](COC(=O)c3ccc[nH]3)[C@@H](O)[C@H]2O)c(=O)[nH]1. The number of imidazole rings is 1. The highest BCUT2D eigenvalue weighted by atomic mass is 16.6. The van der Waals surface area contributed by atoms with Gasteiger partial charge in [-0.1, -0.05) is 0 Å². The van der Waals surface area contributed by atoms with Gasteiger partial charge in [-0.05, 0) is 12.1 Å². The Hall–Kier alpha value is -3.22. The molecule has 3 aromatic rings. The fourth-order valence-corrected chi connectivity index (χ4v) is 2.92. The van der Waals surface area contributed by atoms with E-state index in [1.807, 2.05) is 0 Å². The molecule has 0 unspecified atom stereocenters. The van der Waals surface area contributed by atoms with Crippen LogP contribution < -0.4 is 11.3 Å². The standard InChI is InChI=1S/C15H16N6O6/c16-15-19-11-8(12(24)20-15)18-5-21(11)13-10(23)9(22)7(27-13)4-26-14(25)6-2-1-3-17-6/h1-3,5,7,9-10,13,17,22-23H,4H2,(H3,16,19,20,24)/t7-,9-,10-,13-/m1/s1. The second-order valence-electron chi connectivity index (χ2n) is 6.00. The van der Waals surface area contributed by atoms with E-state index in [9.17, 15) is 19.8 Å². The van der Waals surface area contributed by atoms with Gasteiger partial charge in [0.1, 0.15) is 30.6 Å². The van der Waals surface area contributed by atoms with Crippen LogP contribution in [0.4, 0.5) is 5.95 Å². The number of aliphatic hydroxyl groups is 2. The number of aromatic amines is 2. The zero-order chi connectivity index (χ0) is 19.1. The fourth-order valence-electron chi connectivity index (χ4n) is 2.92. The summed E-state index contributed by atoms with van der Waals surface area (Å²) in [6.07, 6.45) is -1.95. The van der Waals surface area contributed by atoms with Crippen LogP contribution in [0, 0.1) is 0 Å². The van der Waals surface area contributed by atoms with Gasteiger partial charge in [-0.25, -0.2) is 9.78 Å². The van der Waals surface area contributed by atoms with E-state index in [-0.39, 0.29) is 29.4 Å². The number of carbonyl (C=O) groups is 1. The molecule has 4 heterocycles. The van der Waals surface area contributed by atoms with Gasteiger partial charge in [0.05, 0.1) is 6.33 Å². The quantitative estimate of drug-likeness (QED) is 0.339. The van der Waals surface area contributed by atoms with E-state index in [0.29, 0.717) is 0 Å². The van der Waals surface area contributed by atoms with Crippen LogP contribution in [-0.4, -0.2) is 65.6 Å². The minimum Gasteiger partial charge on any atom is -0.458 e. The maximum atomic E-state index is 11.9. The predicted octanol–water partition coefficient (Wildman–Crippen LogP) is -1.49. The first-order chi connectivity index (χ1) is 13.0. The molecule has 3 aromatic heterocycles. The van der Waals surface area contributed by atoms with Gasteiger partial charge < -0.3 is 30.4 Å². The van der Waals surface area contributed by atoms with Gasteiger partial charge >= 0.3 is 5.97 Å². The number of aliphatic hydroxyl groups excluding tert-OH is 2. The van der Waals surface area contributed by atoms with Crippen LogP contribution in [0.5, 0.6) is 0 Å². The number of nitrogen functional groups attached to an aromatic ring is 1. The number of ether oxygens (including phenoxy) is 2. The van der Waals surface area contributed by atoms with Gasteiger partial charge in [-0.2, -0.15) is 4.98 Å². The smallest absolute Gasteiger partial charge is 0.354 e. The molecule has 6 N–H and O–H groups in total. The molecule has 27 heavy (non-hydrogen) atoms. The van der Waals surface area contributed by atoms with Gasteiger partial charge in [0.2, 0.25) is 5.95 Å². The highest BCUT2D eigenvalue weighted by Gasteiger charge is 2.45. The lowest BCUT2D eigenvalue weighted by Gasteiger charge is -2.16. The molecule has 0 amide bonds. The zero-order valence-corrected chi connectivity index (χ0v) is 13.8. The number of nitrogens with zero attached hydrogens (tertiary/aromatic N) is 3. The van der Waals surface area contributed by atoms with Gasteiger partial charge in [-0.3, -0.25) is 14.3 Å². The number of hydrogen-bond acceptors (Lipinski definition) is 9. The number of nitrogens with two attached hydrogens (primary N) is 1. The van der Waals surface area contributed by atoms with E-state index in [1.165, 1.54) is 17.0 Å². The summed E-state index contributed by atoms with van der Waals surface area (Å²) in [5, 5.41) is 20.6. The molecular weight excluding hydrogens is 360 g/mol. The molecule has 0 saturated carbocycles. The second kappa shape index (κ2) is 6.50. The summed E-state index contributed by atoms with van der Waals surface area (Å²) in [6.45, 7) is -0.282. The Morgan fingerprint density at radius 1 is 1.41 bits per heavy atom. The average molecular weight is 376 g/mol. The lowest BCUT2D eigenvalue weighted by molar-refractivity contribution is -0.0566. The van der Waals surface area contributed by atoms with Crippen LogP contribution in [0.25, 0.3) is 11.2 Å². The molecule has 0 aromatic carbocycles. The first kappa shape index (κ1) is 17.2. The van der Waals surface area contributed by atoms with Crippen molar-refractivity contribution in [1.82, 2.24) is 24.5 Å². The summed E-state index contributed by atoms with van der Waals surface area (Å²) in [5.41, 5.74) is 5.36. The number of hydrogen-bond donors (Lipinski definition) is 5. The first-order valence-corrected chi connectivity index (χ1v) is 8.00. The molecule has 1 fully saturated rings. The number of carbonyl (C=O) groups excluding carboxylic acids is 1. The average Bonchev–Trinajstić information content (AvgIpc) is 3.35. The van der Waals surface area contributed by atoms with Gasteiger partial charge in [0.25, 0.3) is 5.56 Å². The van der Waals surface area contributed by atoms with Crippen molar-refractivity contribution >= 4 is 23.1 Å². The van der Waals surface area contributed by atoms with Crippen molar-refractivity contribution in [3.8, 4) is 0 Å². The summed E-state index contributed by atoms with van der Waals surface area (Å²) in [6, 6.07) is 3.18. The highest BCUT2D eigenvalue weighted by molar-refractivity contribution is 5.87. The summed E-state index contributed by atoms with van der Waals surface area (Å²) in [4.78, 5) is 36.7. The number of fused-ring (bicyclic) bond motifs is 1. The first-order valence-electron chi connectivity index (χ1n) is 8.00. The monoisotopic (exact) mass is 376 g/mol. The summed E-state index contributed by atoms with van der Waals surface area (Å²) in [5.74, 6) is -0.749. The molecule has 1 saturated heterocycles. The molecule has 4 rings (SSSR count). The summed E-state index contributed by atoms with van der Waals surface area (Å²) < 4.78 is 12.0. The van der Waals surface area contributed by atoms with Crippen molar-refractivity contribution in [2.75, 3.05) is 12.3 Å². The molecule has 12 nitrogen and oxygen atoms in total. The third kappa shape index (κ3) is 2.95. The minimum atomic E-state index is -1.36. The van der Waals surface area contributed by atoms with Crippen molar-refractivity contribution in [3.05, 3.63) is 40.7 Å². The maximum absolute atomic E-state index is 11.9. The van der Waals surface area contributed by atoms with Crippen LogP contribution in [-0.2, 0) is 9.47 Å². The lowest BCUT2D eigenvalue weighted by atomic mass is 10.1. The Morgan fingerprint density at radius 2 is 2.22 bits per heavy atom. The second-order valence-corrected chi connectivity index (χ2v) is 6.00. The molecule has 142 valence electrons. The molecule has 0 spiro atoms. The molecule has 1 aliphatic rings. The lowest BCUT2D eigenvalue weighted by Crippen LogP contribution is -2.34. The van der Waals surface area contributed by atoms with Gasteiger partial charge in [0.15, 0.2) is 17.4 Å². The fraction of sp³-hybridized carbons (Fsp3) is 0.333. The van der Waals surface area contributed by atoms with Crippen LogP contribution in [0.1, 0.15) is 16.7 Å². The van der Waals surface area contributed by atoms with Crippen molar-refractivity contribution < 1.29 is 24.5 Å². The molecule has 4 atom stereocenters. The Bertz CT molecular complexity index is 1030. The van der Waals surface area contributed by atoms with E-state index in [0.717, 1.165) is 0 Å². The minimum absolute atomic E-state index is 0.0103. The maximum Gasteiger partial charge on any atom is 0.354 e. The predicted molar refractivity (Wildman–Crippen MR) is 89.6 cm³/mol. The van der Waals surface area contributed by atoms with E-state index in [2.05, 4.69) is 19.9 Å². The number of esters is 1. The van der Waals surface area contributed by atoms with Gasteiger partial charge in [0, 0.05) is 6.20 Å². The molecule has 12 heteroatoms. The molecule has 1 aliphatic heterocycles. The Morgan fingerprint density at radius 3 is 2.96 bits per heavy atom. The largest absolute Gasteiger partial charge is 0.458 e. The van der Waals surface area contributed by atoms with E-state index >= 15 is 0 Å². The number of rotatable bonds is 4. The molecule has 0 bridgehead atoms. The summed E-state index contributed by atoms with van der Waals surface area (Å²) in [7, 11) is 0. The molecule has 0 aliphatic carbocycles. The van der Waals surface area contributed by atoms with Gasteiger partial charge in [-0.15, -0.1) is 0 Å². The molecule has 0 radical (unpaired) electrons. The van der Waals surface area contributed by atoms with Crippen molar-refractivity contribution in [1.29, 1.82) is 0 Å². The number of nitrogens with one attached hydrogen (secondary N) is 2. The van der Waals surface area contributed by atoms with Crippen molar-refractivity contribution in [2.24, 2.45) is 0 Å². The van der Waals surface area contributed by atoms with Crippen LogP contribution in [0.15, 0.2) is 29.5 Å². The number of aromatic nitrogens is 5. The van der Waals surface area contributed by atoms with Crippen LogP contribution in [0.2, 0.25) is 0 Å². The Kier molecular flexibility index (Phi) is 4.14. The summed E-state index contributed by atoms with van der Waals surface area (Å²) >= 11 is 0. The van der Waals surface area contributed by atoms with Crippen molar-refractivity contribution in [2.45, 2.75) is 24.5 Å². The van der Waals surface area contributed by atoms with E-state index in [1.54, 1.807) is 12.3 Å². The molecular formula is C15H16N6O6. The third-order valence-electron chi connectivity index (χ3n) is 4.26. The highest BCUT2D eigenvalue weighted by Crippen LogP contribution is 2.31.